The summed E-state index contributed by atoms with van der Waals surface area (Å²) >= 11 is 5.82. The molecule has 0 radical (unpaired) electrons. The number of nitrogens with zero attached hydrogens (tertiary/aromatic N) is 1. The Morgan fingerprint density at radius 2 is 1.66 bits per heavy atom. The molecule has 0 spiro atoms. The van der Waals surface area contributed by atoms with E-state index >= 15 is 0 Å². The molecule has 0 heterocycles. The zero-order chi connectivity index (χ0) is 22.9. The molecule has 1 amide bonds. The Bertz CT molecular complexity index is 1110. The lowest BCUT2D eigenvalue weighted by Crippen LogP contribution is -2.17. The topological polar surface area (TPSA) is 86.2 Å². The Labute approximate surface area is 190 Å². The molecule has 32 heavy (non-hydrogen) atoms. The van der Waals surface area contributed by atoms with Crippen LogP contribution in [0.1, 0.15) is 33.2 Å². The fourth-order valence-corrected chi connectivity index (χ4v) is 2.80. The van der Waals surface area contributed by atoms with Gasteiger partial charge in [-0.05, 0) is 79.2 Å². The van der Waals surface area contributed by atoms with Crippen molar-refractivity contribution >= 4 is 29.7 Å². The molecule has 7 nitrogen and oxygen atoms in total. The van der Waals surface area contributed by atoms with Crippen LogP contribution < -0.4 is 19.6 Å². The fraction of sp³-hybridized carbons (Fsp3) is 0.125. The molecule has 0 bridgehead atoms. The number of hydrazone groups is 1. The summed E-state index contributed by atoms with van der Waals surface area (Å²) in [5.74, 6) is 0.402. The summed E-state index contributed by atoms with van der Waals surface area (Å²) < 4.78 is 16.2. The molecule has 0 aliphatic carbocycles. The highest BCUT2D eigenvalue weighted by Crippen LogP contribution is 2.29. The largest absolute Gasteiger partial charge is 0.497 e. The number of hydrogen-bond donors (Lipinski definition) is 1. The normalized spacial score (nSPS) is 10.6. The van der Waals surface area contributed by atoms with E-state index in [0.29, 0.717) is 39.8 Å². The fourth-order valence-electron chi connectivity index (χ4n) is 2.67. The number of carbonyl (C=O) groups excluding carboxylic acids is 2. The molecule has 0 saturated carbocycles. The van der Waals surface area contributed by atoms with E-state index in [1.54, 1.807) is 73.8 Å². The predicted molar refractivity (Wildman–Crippen MR) is 122 cm³/mol. The van der Waals surface area contributed by atoms with Crippen LogP contribution in [-0.2, 0) is 0 Å². The second kappa shape index (κ2) is 11.0. The lowest BCUT2D eigenvalue weighted by Gasteiger charge is -2.11. The maximum Gasteiger partial charge on any atom is 0.343 e. The number of carbonyl (C=O) groups is 2. The summed E-state index contributed by atoms with van der Waals surface area (Å²) in [5.41, 5.74) is 3.91. The van der Waals surface area contributed by atoms with E-state index < -0.39 is 5.97 Å². The van der Waals surface area contributed by atoms with Gasteiger partial charge in [0.1, 0.15) is 5.75 Å². The van der Waals surface area contributed by atoms with Crippen LogP contribution in [0.5, 0.6) is 17.2 Å². The highest BCUT2D eigenvalue weighted by molar-refractivity contribution is 6.30. The zero-order valence-electron chi connectivity index (χ0n) is 17.5. The molecule has 3 aromatic carbocycles. The van der Waals surface area contributed by atoms with Gasteiger partial charge >= 0.3 is 5.97 Å². The van der Waals surface area contributed by atoms with E-state index in [1.807, 2.05) is 6.92 Å². The second-order valence-electron chi connectivity index (χ2n) is 6.46. The van der Waals surface area contributed by atoms with Gasteiger partial charge in [-0.15, -0.1) is 0 Å². The first-order valence-electron chi connectivity index (χ1n) is 9.72. The minimum Gasteiger partial charge on any atom is -0.497 e. The van der Waals surface area contributed by atoms with Crippen LogP contribution in [-0.4, -0.2) is 31.8 Å². The van der Waals surface area contributed by atoms with Gasteiger partial charge in [0.05, 0.1) is 25.5 Å². The molecule has 3 rings (SSSR count). The lowest BCUT2D eigenvalue weighted by atomic mass is 10.2. The molecular weight excluding hydrogens is 432 g/mol. The van der Waals surface area contributed by atoms with E-state index in [4.69, 9.17) is 25.8 Å². The third-order valence-corrected chi connectivity index (χ3v) is 4.53. The number of hydrogen-bond acceptors (Lipinski definition) is 6. The molecule has 3 aromatic rings. The van der Waals surface area contributed by atoms with Crippen LogP contribution >= 0.6 is 11.6 Å². The van der Waals surface area contributed by atoms with Gasteiger partial charge in [-0.1, -0.05) is 11.6 Å². The summed E-state index contributed by atoms with van der Waals surface area (Å²) in [5, 5.41) is 4.51. The maximum absolute atomic E-state index is 12.5. The van der Waals surface area contributed by atoms with Gasteiger partial charge in [-0.2, -0.15) is 5.10 Å². The first-order chi connectivity index (χ1) is 15.5. The van der Waals surface area contributed by atoms with E-state index in [9.17, 15) is 9.59 Å². The van der Waals surface area contributed by atoms with E-state index in [0.717, 1.165) is 0 Å². The third kappa shape index (κ3) is 6.09. The monoisotopic (exact) mass is 452 g/mol. The van der Waals surface area contributed by atoms with Crippen molar-refractivity contribution in [3.05, 3.63) is 88.4 Å². The van der Waals surface area contributed by atoms with Gasteiger partial charge in [-0.3, -0.25) is 4.79 Å². The molecule has 8 heteroatoms. The summed E-state index contributed by atoms with van der Waals surface area (Å²) in [4.78, 5) is 24.6. The molecule has 0 fully saturated rings. The molecule has 0 atom stereocenters. The predicted octanol–water partition coefficient (Wildman–Crippen LogP) is 4.73. The number of rotatable bonds is 8. The van der Waals surface area contributed by atoms with Gasteiger partial charge in [0.2, 0.25) is 0 Å². The van der Waals surface area contributed by atoms with Crippen molar-refractivity contribution in [1.29, 1.82) is 0 Å². The highest BCUT2D eigenvalue weighted by Gasteiger charge is 2.13. The quantitative estimate of drug-likeness (QED) is 0.231. The minimum absolute atomic E-state index is 0.273. The number of halogens is 1. The first-order valence-corrected chi connectivity index (χ1v) is 10.1. The van der Waals surface area contributed by atoms with Crippen LogP contribution in [0.25, 0.3) is 0 Å². The summed E-state index contributed by atoms with van der Waals surface area (Å²) in [7, 11) is 1.55. The van der Waals surface area contributed by atoms with Crippen LogP contribution in [0, 0.1) is 0 Å². The van der Waals surface area contributed by atoms with E-state index in [1.165, 1.54) is 6.21 Å². The molecule has 1 N–H and O–H groups in total. The van der Waals surface area contributed by atoms with Gasteiger partial charge < -0.3 is 14.2 Å². The highest BCUT2D eigenvalue weighted by atomic mass is 35.5. The summed E-state index contributed by atoms with van der Waals surface area (Å²) in [6.07, 6.45) is 1.46. The minimum atomic E-state index is -0.523. The van der Waals surface area contributed by atoms with Crippen LogP contribution in [0.15, 0.2) is 71.8 Å². The molecule has 0 aliphatic rings. The first kappa shape index (κ1) is 22.8. The Kier molecular flexibility index (Phi) is 7.83. The Hall–Kier alpha value is -3.84. The molecule has 0 saturated heterocycles. The van der Waals surface area contributed by atoms with Crippen LogP contribution in [0.3, 0.4) is 0 Å². The van der Waals surface area contributed by atoms with Gasteiger partial charge in [0.25, 0.3) is 5.91 Å². The Balaban J connectivity index is 1.69. The SMILES string of the molecule is CCOc1cc(C=NNC(=O)c2ccc(Cl)cc2)ccc1OC(=O)c1ccc(OC)cc1. The van der Waals surface area contributed by atoms with Gasteiger partial charge in [0, 0.05) is 10.6 Å². The number of esters is 1. The number of ether oxygens (including phenoxy) is 3. The number of methoxy groups -OCH3 is 1. The van der Waals surface area contributed by atoms with Crippen molar-refractivity contribution in [1.82, 2.24) is 5.43 Å². The van der Waals surface area contributed by atoms with Crippen molar-refractivity contribution in [3.63, 3.8) is 0 Å². The Morgan fingerprint density at radius 3 is 2.31 bits per heavy atom. The second-order valence-corrected chi connectivity index (χ2v) is 6.90. The van der Waals surface area contributed by atoms with Gasteiger partial charge in [-0.25, -0.2) is 10.2 Å². The standard InChI is InChI=1S/C24H21ClN2O5/c1-3-31-22-14-16(15-26-27-23(28)17-5-9-19(25)10-6-17)4-13-21(22)32-24(29)18-7-11-20(30-2)12-8-18/h4-15H,3H2,1-2H3,(H,27,28). The number of benzene rings is 3. The van der Waals surface area contributed by atoms with Crippen molar-refractivity contribution in [2.75, 3.05) is 13.7 Å². The molecule has 164 valence electrons. The molecular formula is C24H21ClN2O5. The van der Waals surface area contributed by atoms with Crippen molar-refractivity contribution in [3.8, 4) is 17.2 Å². The Morgan fingerprint density at radius 1 is 0.969 bits per heavy atom. The number of amides is 1. The van der Waals surface area contributed by atoms with Crippen molar-refractivity contribution in [2.24, 2.45) is 5.10 Å². The summed E-state index contributed by atoms with van der Waals surface area (Å²) in [6.45, 7) is 2.20. The number of nitrogens with one attached hydrogen (secondary N) is 1. The zero-order valence-corrected chi connectivity index (χ0v) is 18.3. The van der Waals surface area contributed by atoms with Crippen molar-refractivity contribution in [2.45, 2.75) is 6.92 Å². The maximum atomic E-state index is 12.5. The van der Waals surface area contributed by atoms with E-state index in [-0.39, 0.29) is 11.7 Å². The van der Waals surface area contributed by atoms with Crippen LogP contribution in [0.4, 0.5) is 0 Å². The van der Waals surface area contributed by atoms with Crippen molar-refractivity contribution < 1.29 is 23.8 Å². The molecule has 0 unspecified atom stereocenters. The molecule has 0 aliphatic heterocycles. The smallest absolute Gasteiger partial charge is 0.343 e. The van der Waals surface area contributed by atoms with Crippen LogP contribution in [0.2, 0.25) is 5.02 Å². The molecule has 0 aromatic heterocycles. The average molecular weight is 453 g/mol. The lowest BCUT2D eigenvalue weighted by molar-refractivity contribution is 0.0728. The third-order valence-electron chi connectivity index (χ3n) is 4.28. The average Bonchev–Trinajstić information content (AvgIpc) is 2.81. The van der Waals surface area contributed by atoms with E-state index in [2.05, 4.69) is 10.5 Å². The van der Waals surface area contributed by atoms with Gasteiger partial charge in [0.15, 0.2) is 11.5 Å². The summed E-state index contributed by atoms with van der Waals surface area (Å²) in [6, 6.07) is 18.0.